The Balaban J connectivity index is 2.60. The molecule has 0 saturated carbocycles. The standard InChI is InChI=1S/C9H10/c1-2-4-6-8-9-7-5-3-1/h1-8H,9H2/b3-1-,4-2+,7-5+,8-6?. The van der Waals surface area contributed by atoms with Crippen LogP contribution in [0.3, 0.4) is 0 Å². The first kappa shape index (κ1) is 6.09. The van der Waals surface area contributed by atoms with E-state index in [1.54, 1.807) is 0 Å². The van der Waals surface area contributed by atoms with Crippen LogP contribution in [0.1, 0.15) is 6.42 Å². The summed E-state index contributed by atoms with van der Waals surface area (Å²) in [5.74, 6) is 0. The maximum Gasteiger partial charge on any atom is -0.0163 e. The molecule has 0 amide bonds. The van der Waals surface area contributed by atoms with Gasteiger partial charge in [-0.05, 0) is 6.42 Å². The van der Waals surface area contributed by atoms with Crippen molar-refractivity contribution in [2.75, 3.05) is 0 Å². The van der Waals surface area contributed by atoms with Crippen LogP contribution in [-0.4, -0.2) is 0 Å². The van der Waals surface area contributed by atoms with Crippen LogP contribution < -0.4 is 0 Å². The van der Waals surface area contributed by atoms with Crippen molar-refractivity contribution in [2.45, 2.75) is 6.42 Å². The smallest absolute Gasteiger partial charge is 0.0163 e. The van der Waals surface area contributed by atoms with Crippen molar-refractivity contribution >= 4 is 0 Å². The summed E-state index contributed by atoms with van der Waals surface area (Å²) in [6.07, 6.45) is 17.5. The molecule has 0 aromatic carbocycles. The van der Waals surface area contributed by atoms with Crippen LogP contribution in [0.4, 0.5) is 0 Å². The lowest BCUT2D eigenvalue weighted by molar-refractivity contribution is 1.40. The van der Waals surface area contributed by atoms with Crippen LogP contribution in [0, 0.1) is 0 Å². The maximum atomic E-state index is 2.12. The average molecular weight is 118 g/mol. The topological polar surface area (TPSA) is 0 Å². The molecule has 0 bridgehead atoms. The van der Waals surface area contributed by atoms with E-state index in [2.05, 4.69) is 24.3 Å². The van der Waals surface area contributed by atoms with Gasteiger partial charge in [0.15, 0.2) is 0 Å². The molecule has 0 aliphatic heterocycles. The van der Waals surface area contributed by atoms with Gasteiger partial charge in [-0.15, -0.1) is 0 Å². The highest BCUT2D eigenvalue weighted by Crippen LogP contribution is 1.91. The van der Waals surface area contributed by atoms with E-state index in [0.717, 1.165) is 6.42 Å². The summed E-state index contributed by atoms with van der Waals surface area (Å²) in [5, 5.41) is 0. The average Bonchev–Trinajstić information content (AvgIpc) is 2.00. The fraction of sp³-hybridized carbons (Fsp3) is 0.111. The van der Waals surface area contributed by atoms with Crippen LogP contribution in [0.5, 0.6) is 0 Å². The molecule has 1 aliphatic rings. The Kier molecular flexibility index (Phi) is 2.64. The minimum Gasteiger partial charge on any atom is -0.0807 e. The summed E-state index contributed by atoms with van der Waals surface area (Å²) in [5.41, 5.74) is 0. The molecule has 0 N–H and O–H groups in total. The molecule has 1 rings (SSSR count). The third-order valence-corrected chi connectivity index (χ3v) is 1.10. The molecule has 0 aromatic rings. The normalized spacial score (nSPS) is 27.6. The Bertz CT molecular complexity index is 148. The van der Waals surface area contributed by atoms with Crippen molar-refractivity contribution in [1.82, 2.24) is 0 Å². The molecule has 46 valence electrons. The Labute approximate surface area is 55.9 Å². The van der Waals surface area contributed by atoms with Gasteiger partial charge in [0.2, 0.25) is 0 Å². The molecule has 0 aromatic heterocycles. The van der Waals surface area contributed by atoms with Gasteiger partial charge in [0.05, 0.1) is 0 Å². The minimum absolute atomic E-state index is 1.04. The van der Waals surface area contributed by atoms with Crippen LogP contribution in [0.15, 0.2) is 48.6 Å². The van der Waals surface area contributed by atoms with Crippen LogP contribution >= 0.6 is 0 Å². The number of hydrogen-bond donors (Lipinski definition) is 0. The van der Waals surface area contributed by atoms with Gasteiger partial charge in [-0.2, -0.15) is 0 Å². The number of rotatable bonds is 0. The van der Waals surface area contributed by atoms with Crippen LogP contribution in [0.25, 0.3) is 0 Å². The van der Waals surface area contributed by atoms with Gasteiger partial charge in [-0.1, -0.05) is 48.6 Å². The van der Waals surface area contributed by atoms with Gasteiger partial charge in [-0.3, -0.25) is 0 Å². The van der Waals surface area contributed by atoms with Crippen molar-refractivity contribution in [3.05, 3.63) is 48.6 Å². The molecule has 0 fully saturated rings. The van der Waals surface area contributed by atoms with Gasteiger partial charge in [0.25, 0.3) is 0 Å². The molecule has 1 aliphatic carbocycles. The lowest BCUT2D eigenvalue weighted by Gasteiger charge is -1.74. The zero-order valence-corrected chi connectivity index (χ0v) is 5.33. The Hall–Kier alpha value is -1.04. The van der Waals surface area contributed by atoms with Gasteiger partial charge in [-0.25, -0.2) is 0 Å². The molecule has 0 atom stereocenters. The predicted molar refractivity (Wildman–Crippen MR) is 41.2 cm³/mol. The number of allylic oxidation sites excluding steroid dienone is 8. The van der Waals surface area contributed by atoms with E-state index in [9.17, 15) is 0 Å². The molecular formula is C9H10. The van der Waals surface area contributed by atoms with E-state index in [4.69, 9.17) is 0 Å². The van der Waals surface area contributed by atoms with E-state index in [1.807, 2.05) is 24.3 Å². The van der Waals surface area contributed by atoms with Gasteiger partial charge >= 0.3 is 0 Å². The minimum atomic E-state index is 1.04. The predicted octanol–water partition coefficient (Wildman–Crippen LogP) is 2.61. The first-order valence-corrected chi connectivity index (χ1v) is 3.15. The summed E-state index contributed by atoms with van der Waals surface area (Å²) in [4.78, 5) is 0. The van der Waals surface area contributed by atoms with Crippen LogP contribution in [-0.2, 0) is 0 Å². The second-order valence-electron chi connectivity index (χ2n) is 1.86. The van der Waals surface area contributed by atoms with Crippen molar-refractivity contribution in [3.63, 3.8) is 0 Å². The molecule has 0 unspecified atom stereocenters. The SMILES string of the molecule is C1=CC/C=C/C=C\C=C\1. The monoisotopic (exact) mass is 118 g/mol. The molecule has 0 nitrogen and oxygen atoms in total. The first-order chi connectivity index (χ1) is 4.50. The Morgan fingerprint density at radius 1 is 0.556 bits per heavy atom. The second kappa shape index (κ2) is 3.90. The summed E-state index contributed by atoms with van der Waals surface area (Å²) >= 11 is 0. The Morgan fingerprint density at radius 3 is 1.56 bits per heavy atom. The van der Waals surface area contributed by atoms with Crippen molar-refractivity contribution < 1.29 is 0 Å². The zero-order chi connectivity index (χ0) is 6.36. The summed E-state index contributed by atoms with van der Waals surface area (Å²) in [6.45, 7) is 0. The summed E-state index contributed by atoms with van der Waals surface area (Å²) in [6, 6.07) is 0. The van der Waals surface area contributed by atoms with Gasteiger partial charge in [0, 0.05) is 0 Å². The highest BCUT2D eigenvalue weighted by atomic mass is 13.8. The van der Waals surface area contributed by atoms with Crippen molar-refractivity contribution in [2.24, 2.45) is 0 Å². The lowest BCUT2D eigenvalue weighted by Crippen LogP contribution is -1.53. The van der Waals surface area contributed by atoms with E-state index in [1.165, 1.54) is 0 Å². The summed E-state index contributed by atoms with van der Waals surface area (Å²) < 4.78 is 0. The quantitative estimate of drug-likeness (QED) is 0.458. The third-order valence-electron chi connectivity index (χ3n) is 1.10. The molecule has 9 heavy (non-hydrogen) atoms. The molecule has 0 heteroatoms. The lowest BCUT2D eigenvalue weighted by atomic mass is 10.3. The third kappa shape index (κ3) is 2.70. The highest BCUT2D eigenvalue weighted by molar-refractivity contribution is 5.18. The fourth-order valence-corrected chi connectivity index (χ4v) is 0.649. The fourth-order valence-electron chi connectivity index (χ4n) is 0.649. The highest BCUT2D eigenvalue weighted by Gasteiger charge is 1.70. The maximum absolute atomic E-state index is 2.12. The molecular weight excluding hydrogens is 108 g/mol. The van der Waals surface area contributed by atoms with Crippen molar-refractivity contribution in [1.29, 1.82) is 0 Å². The van der Waals surface area contributed by atoms with E-state index >= 15 is 0 Å². The molecule has 0 spiro atoms. The molecule has 0 saturated heterocycles. The first-order valence-electron chi connectivity index (χ1n) is 3.15. The van der Waals surface area contributed by atoms with E-state index in [0.29, 0.717) is 0 Å². The van der Waals surface area contributed by atoms with E-state index < -0.39 is 0 Å². The zero-order valence-electron chi connectivity index (χ0n) is 5.33. The molecule has 0 radical (unpaired) electrons. The van der Waals surface area contributed by atoms with E-state index in [-0.39, 0.29) is 0 Å². The Morgan fingerprint density at radius 2 is 1.00 bits per heavy atom. The molecule has 0 heterocycles. The van der Waals surface area contributed by atoms with Gasteiger partial charge in [0.1, 0.15) is 0 Å². The number of hydrogen-bond acceptors (Lipinski definition) is 0. The van der Waals surface area contributed by atoms with Crippen LogP contribution in [0.2, 0.25) is 0 Å². The largest absolute Gasteiger partial charge is 0.0807 e. The summed E-state index contributed by atoms with van der Waals surface area (Å²) in [7, 11) is 0. The van der Waals surface area contributed by atoms with Gasteiger partial charge < -0.3 is 0 Å². The van der Waals surface area contributed by atoms with Crippen molar-refractivity contribution in [3.8, 4) is 0 Å². The second-order valence-corrected chi connectivity index (χ2v) is 1.86.